The van der Waals surface area contributed by atoms with Crippen LogP contribution in [0, 0.1) is 6.92 Å². The van der Waals surface area contributed by atoms with E-state index >= 15 is 0 Å². The van der Waals surface area contributed by atoms with E-state index in [-0.39, 0.29) is 24.2 Å². The molecule has 1 saturated heterocycles. The Morgan fingerprint density at radius 2 is 1.82 bits per heavy atom. The molecule has 1 N–H and O–H groups in total. The summed E-state index contributed by atoms with van der Waals surface area (Å²) in [6, 6.07) is 13.4. The molecule has 1 aliphatic rings. The number of carbonyl (C=O) groups excluding carboxylic acids is 2. The number of hydrogen-bond donors (Lipinski definition) is 1. The quantitative estimate of drug-likeness (QED) is 0.293. The molecule has 9 heteroatoms. The first kappa shape index (κ1) is 30.3. The summed E-state index contributed by atoms with van der Waals surface area (Å²) < 4.78 is 6.41. The van der Waals surface area contributed by atoms with Gasteiger partial charge in [0.25, 0.3) is 5.91 Å². The number of ether oxygens (including phenoxy) is 1. The number of piperazine rings is 1. The molecule has 0 aliphatic carbocycles. The molecule has 1 amide bonds. The van der Waals surface area contributed by atoms with Crippen molar-refractivity contribution in [3.8, 4) is 0 Å². The molecule has 0 spiro atoms. The summed E-state index contributed by atoms with van der Waals surface area (Å²) >= 11 is 10.1. The van der Waals surface area contributed by atoms with Gasteiger partial charge in [-0.1, -0.05) is 45.7 Å². The molecule has 1 atom stereocenters. The second-order valence-corrected chi connectivity index (χ2v) is 12.8. The van der Waals surface area contributed by atoms with Gasteiger partial charge in [0, 0.05) is 65.5 Å². The van der Waals surface area contributed by atoms with Crippen molar-refractivity contribution in [3.05, 3.63) is 68.7 Å². The van der Waals surface area contributed by atoms with Gasteiger partial charge >= 0.3 is 5.97 Å². The lowest BCUT2D eigenvalue weighted by atomic mass is 9.93. The van der Waals surface area contributed by atoms with Crippen molar-refractivity contribution in [3.63, 3.8) is 0 Å². The number of hydrogen-bond acceptors (Lipinski definition) is 6. The van der Waals surface area contributed by atoms with Gasteiger partial charge in [0.05, 0.1) is 11.1 Å². The summed E-state index contributed by atoms with van der Waals surface area (Å²) in [7, 11) is 2.12. The molecule has 0 bridgehead atoms. The number of carbonyl (C=O) groups is 2. The molecule has 0 radical (unpaired) electrons. The molecule has 1 unspecified atom stereocenters. The SMILES string of the molecule is Cc1c(N2CCN(C)CC2)nc2ccc(Br)cc2c1C(=O)NCC(CCC(=O)OC(C)(C)C)c1ccccc1Cl. The lowest BCUT2D eigenvalue weighted by molar-refractivity contribution is -0.155. The third kappa shape index (κ3) is 7.53. The van der Waals surface area contributed by atoms with Crippen LogP contribution in [0.25, 0.3) is 10.9 Å². The normalized spacial score (nSPS) is 15.2. The third-order valence-electron chi connectivity index (χ3n) is 7.17. The Morgan fingerprint density at radius 3 is 2.50 bits per heavy atom. The Labute approximate surface area is 250 Å². The molecule has 1 aliphatic heterocycles. The van der Waals surface area contributed by atoms with Crippen LogP contribution in [-0.4, -0.2) is 67.1 Å². The first-order valence-electron chi connectivity index (χ1n) is 13.7. The van der Waals surface area contributed by atoms with Crippen LogP contribution in [-0.2, 0) is 9.53 Å². The first-order chi connectivity index (χ1) is 18.9. The molecule has 1 aromatic heterocycles. The highest BCUT2D eigenvalue weighted by atomic mass is 79.9. The molecule has 40 heavy (non-hydrogen) atoms. The van der Waals surface area contributed by atoms with Crippen molar-refractivity contribution in [1.29, 1.82) is 0 Å². The Hall–Kier alpha value is -2.68. The van der Waals surface area contributed by atoms with Crippen LogP contribution >= 0.6 is 27.5 Å². The lowest BCUT2D eigenvalue weighted by Gasteiger charge is -2.34. The van der Waals surface area contributed by atoms with Gasteiger partial charge in [-0.3, -0.25) is 9.59 Å². The predicted molar refractivity (Wildman–Crippen MR) is 165 cm³/mol. The van der Waals surface area contributed by atoms with Crippen LogP contribution in [0.5, 0.6) is 0 Å². The monoisotopic (exact) mass is 628 g/mol. The van der Waals surface area contributed by atoms with E-state index in [4.69, 9.17) is 21.3 Å². The van der Waals surface area contributed by atoms with Gasteiger partial charge in [0.15, 0.2) is 0 Å². The number of halogens is 2. The van der Waals surface area contributed by atoms with Crippen LogP contribution < -0.4 is 10.2 Å². The second-order valence-electron chi connectivity index (χ2n) is 11.4. The molecule has 7 nitrogen and oxygen atoms in total. The zero-order chi connectivity index (χ0) is 29.0. The van der Waals surface area contributed by atoms with Crippen LogP contribution in [0.15, 0.2) is 46.9 Å². The second kappa shape index (κ2) is 12.9. The first-order valence-corrected chi connectivity index (χ1v) is 14.9. The maximum absolute atomic E-state index is 13.9. The van der Waals surface area contributed by atoms with Crippen molar-refractivity contribution in [2.75, 3.05) is 44.7 Å². The van der Waals surface area contributed by atoms with Gasteiger partial charge in [-0.15, -0.1) is 0 Å². The minimum atomic E-state index is -0.555. The largest absolute Gasteiger partial charge is 0.460 e. The van der Waals surface area contributed by atoms with Crippen molar-refractivity contribution < 1.29 is 14.3 Å². The van der Waals surface area contributed by atoms with Crippen LogP contribution in [0.1, 0.15) is 61.0 Å². The van der Waals surface area contributed by atoms with E-state index < -0.39 is 5.60 Å². The molecule has 2 aromatic carbocycles. The van der Waals surface area contributed by atoms with Crippen LogP contribution in [0.3, 0.4) is 0 Å². The summed E-state index contributed by atoms with van der Waals surface area (Å²) in [6.07, 6.45) is 0.716. The number of benzene rings is 2. The van der Waals surface area contributed by atoms with Gasteiger partial charge in [0.1, 0.15) is 11.4 Å². The van der Waals surface area contributed by atoms with E-state index in [9.17, 15) is 9.59 Å². The van der Waals surface area contributed by atoms with Crippen molar-refractivity contribution in [2.24, 2.45) is 0 Å². The Bertz CT molecular complexity index is 1380. The topological polar surface area (TPSA) is 74.8 Å². The number of esters is 1. The van der Waals surface area contributed by atoms with E-state index in [1.807, 2.05) is 70.2 Å². The zero-order valence-corrected chi connectivity index (χ0v) is 26.2. The summed E-state index contributed by atoms with van der Waals surface area (Å²) in [5, 5.41) is 4.57. The molecule has 2 heterocycles. The highest BCUT2D eigenvalue weighted by Crippen LogP contribution is 2.32. The summed E-state index contributed by atoms with van der Waals surface area (Å²) in [5.41, 5.74) is 2.59. The number of likely N-dealkylation sites (N-methyl/N-ethyl adjacent to an activating group) is 1. The molecule has 3 aromatic rings. The number of nitrogens with one attached hydrogen (secondary N) is 1. The minimum absolute atomic E-state index is 0.164. The van der Waals surface area contributed by atoms with Crippen molar-refractivity contribution in [1.82, 2.24) is 15.2 Å². The fourth-order valence-corrected chi connectivity index (χ4v) is 5.75. The molecular weight excluding hydrogens is 592 g/mol. The third-order valence-corrected chi connectivity index (χ3v) is 8.00. The van der Waals surface area contributed by atoms with E-state index in [1.54, 1.807) is 0 Å². The standard InChI is InChI=1S/C31H38BrClN4O3/c1-20-28(24-18-22(32)11-12-26(24)35-29(20)37-16-14-36(5)15-17-37)30(39)34-19-21(23-8-6-7-9-25(23)33)10-13-27(38)40-31(2,3)4/h6-9,11-12,18,21H,10,13-17,19H2,1-5H3,(H,34,39). The van der Waals surface area contributed by atoms with Crippen molar-refractivity contribution in [2.45, 2.75) is 52.1 Å². The summed E-state index contributed by atoms with van der Waals surface area (Å²) in [6.45, 7) is 11.5. The number of fused-ring (bicyclic) bond motifs is 1. The number of anilines is 1. The van der Waals surface area contributed by atoms with Gasteiger partial charge in [-0.05, 0) is 71.0 Å². The van der Waals surface area contributed by atoms with Gasteiger partial charge < -0.3 is 19.9 Å². The average molecular weight is 630 g/mol. The molecule has 214 valence electrons. The molecular formula is C31H38BrClN4O3. The predicted octanol–water partition coefficient (Wildman–Crippen LogP) is 6.35. The number of rotatable bonds is 8. The fraction of sp³-hybridized carbons (Fsp3) is 0.452. The fourth-order valence-electron chi connectivity index (χ4n) is 5.10. The Balaban J connectivity index is 1.62. The summed E-state index contributed by atoms with van der Waals surface area (Å²) in [5.74, 6) is 0.240. The lowest BCUT2D eigenvalue weighted by Crippen LogP contribution is -2.45. The zero-order valence-electron chi connectivity index (χ0n) is 23.9. The van der Waals surface area contributed by atoms with E-state index in [2.05, 4.69) is 38.1 Å². The Morgan fingerprint density at radius 1 is 1.12 bits per heavy atom. The number of amides is 1. The maximum atomic E-state index is 13.9. The number of pyridine rings is 1. The van der Waals surface area contributed by atoms with Gasteiger partial charge in [-0.25, -0.2) is 4.98 Å². The van der Waals surface area contributed by atoms with Crippen molar-refractivity contribution >= 4 is 56.1 Å². The highest BCUT2D eigenvalue weighted by molar-refractivity contribution is 9.10. The smallest absolute Gasteiger partial charge is 0.306 e. The number of aromatic nitrogens is 1. The highest BCUT2D eigenvalue weighted by Gasteiger charge is 2.25. The van der Waals surface area contributed by atoms with Gasteiger partial charge in [0.2, 0.25) is 0 Å². The van der Waals surface area contributed by atoms with Crippen LogP contribution in [0.2, 0.25) is 5.02 Å². The molecule has 4 rings (SSSR count). The maximum Gasteiger partial charge on any atom is 0.306 e. The average Bonchev–Trinajstić information content (AvgIpc) is 2.88. The van der Waals surface area contributed by atoms with E-state index in [0.717, 1.165) is 58.5 Å². The Kier molecular flexibility index (Phi) is 9.75. The minimum Gasteiger partial charge on any atom is -0.460 e. The summed E-state index contributed by atoms with van der Waals surface area (Å²) in [4.78, 5) is 36.0. The molecule has 0 saturated carbocycles. The number of nitrogens with zero attached hydrogens (tertiary/aromatic N) is 3. The van der Waals surface area contributed by atoms with Crippen LogP contribution in [0.4, 0.5) is 5.82 Å². The molecule has 1 fully saturated rings. The van der Waals surface area contributed by atoms with Gasteiger partial charge in [-0.2, -0.15) is 0 Å². The van der Waals surface area contributed by atoms with E-state index in [0.29, 0.717) is 23.6 Å². The van der Waals surface area contributed by atoms with E-state index in [1.165, 1.54) is 0 Å².